The molecule has 2 aromatic carbocycles. The van der Waals surface area contributed by atoms with Crippen LogP contribution in [0.4, 0.5) is 10.5 Å². The predicted molar refractivity (Wildman–Crippen MR) is 133 cm³/mol. The standard InChI is InChI=1S/C21H13Cl2N3O4S3/c22-14-5-1-13(2-6-14)11-31-20-24-18(23)16(32-20)9-17-19(27)25(21(28)33-17)10-12-3-7-15(8-4-12)26(29)30/h1-9H,10-11H2/b17-9-. The Hall–Kier alpha value is -2.37. The van der Waals surface area contributed by atoms with Gasteiger partial charge in [-0.05, 0) is 41.1 Å². The number of benzene rings is 2. The van der Waals surface area contributed by atoms with E-state index in [4.69, 9.17) is 23.2 Å². The summed E-state index contributed by atoms with van der Waals surface area (Å²) in [6.07, 6.45) is 1.58. The van der Waals surface area contributed by atoms with Crippen molar-refractivity contribution < 1.29 is 14.5 Å². The number of nitrogens with zero attached hydrogens (tertiary/aromatic N) is 3. The Balaban J connectivity index is 1.44. The summed E-state index contributed by atoms with van der Waals surface area (Å²) < 4.78 is 0.742. The molecule has 2 heterocycles. The lowest BCUT2D eigenvalue weighted by molar-refractivity contribution is -0.384. The van der Waals surface area contributed by atoms with Gasteiger partial charge in [0, 0.05) is 22.9 Å². The fraction of sp³-hybridized carbons (Fsp3) is 0.0952. The second-order valence-electron chi connectivity index (χ2n) is 6.74. The Morgan fingerprint density at radius 2 is 1.73 bits per heavy atom. The Kier molecular flexibility index (Phi) is 7.40. The van der Waals surface area contributed by atoms with E-state index in [1.807, 2.05) is 24.3 Å². The number of thioether (sulfide) groups is 2. The van der Waals surface area contributed by atoms with Crippen molar-refractivity contribution in [2.45, 2.75) is 16.6 Å². The van der Waals surface area contributed by atoms with E-state index in [2.05, 4.69) is 4.98 Å². The van der Waals surface area contributed by atoms with Crippen LogP contribution in [0.15, 0.2) is 57.8 Å². The quantitative estimate of drug-likeness (QED) is 0.140. The van der Waals surface area contributed by atoms with Crippen molar-refractivity contribution >= 4 is 81.0 Å². The smallest absolute Gasteiger partial charge is 0.268 e. The van der Waals surface area contributed by atoms with Crippen molar-refractivity contribution in [3.8, 4) is 0 Å². The molecule has 0 unspecified atom stereocenters. The third-order valence-corrected chi connectivity index (χ3v) is 8.27. The molecule has 2 amide bonds. The van der Waals surface area contributed by atoms with Crippen LogP contribution < -0.4 is 0 Å². The Bertz CT molecular complexity index is 1260. The van der Waals surface area contributed by atoms with Crippen LogP contribution in [0, 0.1) is 10.1 Å². The Labute approximate surface area is 210 Å². The average Bonchev–Trinajstić information content (AvgIpc) is 3.27. The van der Waals surface area contributed by atoms with Crippen molar-refractivity contribution in [3.63, 3.8) is 0 Å². The van der Waals surface area contributed by atoms with Gasteiger partial charge in [-0.1, -0.05) is 59.2 Å². The van der Waals surface area contributed by atoms with Gasteiger partial charge in [-0.15, -0.1) is 11.3 Å². The first-order chi connectivity index (χ1) is 15.8. The predicted octanol–water partition coefficient (Wildman–Crippen LogP) is 6.89. The number of carbonyl (C=O) groups excluding carboxylic acids is 2. The molecule has 168 valence electrons. The van der Waals surface area contributed by atoms with E-state index < -0.39 is 16.1 Å². The second kappa shape index (κ2) is 10.3. The summed E-state index contributed by atoms with van der Waals surface area (Å²) in [5.74, 6) is 0.245. The highest BCUT2D eigenvalue weighted by Gasteiger charge is 2.35. The number of non-ortho nitro benzene ring substituents is 1. The van der Waals surface area contributed by atoms with Crippen molar-refractivity contribution in [3.05, 3.63) is 89.7 Å². The maximum Gasteiger partial charge on any atom is 0.293 e. The minimum atomic E-state index is -0.507. The van der Waals surface area contributed by atoms with Crippen LogP contribution in [0.2, 0.25) is 10.2 Å². The van der Waals surface area contributed by atoms with Crippen LogP contribution in [0.5, 0.6) is 0 Å². The highest BCUT2D eigenvalue weighted by molar-refractivity contribution is 8.18. The molecule has 33 heavy (non-hydrogen) atoms. The zero-order valence-electron chi connectivity index (χ0n) is 16.6. The number of hydrogen-bond donors (Lipinski definition) is 0. The molecular weight excluding hydrogens is 525 g/mol. The van der Waals surface area contributed by atoms with Gasteiger partial charge in [-0.25, -0.2) is 4.98 Å². The highest BCUT2D eigenvalue weighted by Crippen LogP contribution is 2.38. The number of thiazole rings is 1. The van der Waals surface area contributed by atoms with Gasteiger partial charge < -0.3 is 0 Å². The Morgan fingerprint density at radius 1 is 1.06 bits per heavy atom. The Morgan fingerprint density at radius 3 is 2.39 bits per heavy atom. The van der Waals surface area contributed by atoms with Crippen LogP contribution in [0.1, 0.15) is 16.0 Å². The molecule has 0 aliphatic carbocycles. The normalized spacial score (nSPS) is 15.0. The molecule has 0 N–H and O–H groups in total. The molecule has 0 saturated carbocycles. The lowest BCUT2D eigenvalue weighted by Crippen LogP contribution is -2.27. The van der Waals surface area contributed by atoms with E-state index in [0.717, 1.165) is 26.6 Å². The molecular formula is C21H13Cl2N3O4S3. The topological polar surface area (TPSA) is 93.4 Å². The second-order valence-corrected chi connectivity index (χ2v) is 10.8. The van der Waals surface area contributed by atoms with E-state index in [1.54, 1.807) is 6.08 Å². The first kappa shape index (κ1) is 23.8. The lowest BCUT2D eigenvalue weighted by atomic mass is 10.2. The monoisotopic (exact) mass is 537 g/mol. The molecule has 0 spiro atoms. The van der Waals surface area contributed by atoms with Gasteiger partial charge in [-0.3, -0.25) is 24.6 Å². The van der Waals surface area contributed by atoms with Gasteiger partial charge in [-0.2, -0.15) is 0 Å². The van der Waals surface area contributed by atoms with Gasteiger partial charge in [0.15, 0.2) is 4.34 Å². The molecule has 1 fully saturated rings. The third-order valence-electron chi connectivity index (χ3n) is 4.49. The van der Waals surface area contributed by atoms with Gasteiger partial charge in [0.25, 0.3) is 16.8 Å². The average molecular weight is 538 g/mol. The number of carbonyl (C=O) groups is 2. The molecule has 1 aliphatic heterocycles. The van der Waals surface area contributed by atoms with Gasteiger partial charge >= 0.3 is 0 Å². The molecule has 0 bridgehead atoms. The molecule has 1 aliphatic rings. The van der Waals surface area contributed by atoms with E-state index in [1.165, 1.54) is 47.4 Å². The summed E-state index contributed by atoms with van der Waals surface area (Å²) in [5, 5.41) is 11.3. The molecule has 4 rings (SSSR count). The molecule has 3 aromatic rings. The van der Waals surface area contributed by atoms with Crippen molar-refractivity contribution in [1.82, 2.24) is 9.88 Å². The largest absolute Gasteiger partial charge is 0.293 e. The fourth-order valence-electron chi connectivity index (χ4n) is 2.83. The van der Waals surface area contributed by atoms with Gasteiger partial charge in [0.05, 0.1) is 21.3 Å². The highest BCUT2D eigenvalue weighted by atomic mass is 35.5. The summed E-state index contributed by atoms with van der Waals surface area (Å²) in [4.78, 5) is 41.8. The minimum absolute atomic E-state index is 0.0264. The van der Waals surface area contributed by atoms with Crippen LogP contribution >= 0.6 is 58.1 Å². The summed E-state index contributed by atoms with van der Waals surface area (Å²) in [6, 6.07) is 13.2. The maximum atomic E-state index is 12.8. The van der Waals surface area contributed by atoms with Crippen LogP contribution in [0.25, 0.3) is 6.08 Å². The van der Waals surface area contributed by atoms with Crippen molar-refractivity contribution in [1.29, 1.82) is 0 Å². The minimum Gasteiger partial charge on any atom is -0.268 e. The zero-order chi connectivity index (χ0) is 23.5. The van der Waals surface area contributed by atoms with E-state index in [0.29, 0.717) is 21.2 Å². The van der Waals surface area contributed by atoms with Gasteiger partial charge in [0.2, 0.25) is 0 Å². The molecule has 0 radical (unpaired) electrons. The number of aromatic nitrogens is 1. The first-order valence-electron chi connectivity index (χ1n) is 9.32. The third kappa shape index (κ3) is 5.77. The summed E-state index contributed by atoms with van der Waals surface area (Å²) in [5.41, 5.74) is 1.64. The zero-order valence-corrected chi connectivity index (χ0v) is 20.5. The van der Waals surface area contributed by atoms with Crippen LogP contribution in [0.3, 0.4) is 0 Å². The van der Waals surface area contributed by atoms with Crippen molar-refractivity contribution in [2.24, 2.45) is 0 Å². The van der Waals surface area contributed by atoms with Crippen LogP contribution in [-0.2, 0) is 17.1 Å². The number of hydrogen-bond acceptors (Lipinski definition) is 8. The summed E-state index contributed by atoms with van der Waals surface area (Å²) in [6.45, 7) is 0.0264. The number of nitro groups is 1. The van der Waals surface area contributed by atoms with Gasteiger partial charge in [0.1, 0.15) is 5.15 Å². The number of amides is 2. The summed E-state index contributed by atoms with van der Waals surface area (Å²) in [7, 11) is 0. The van der Waals surface area contributed by atoms with E-state index in [9.17, 15) is 19.7 Å². The lowest BCUT2D eigenvalue weighted by Gasteiger charge is -2.12. The number of halogens is 2. The maximum absolute atomic E-state index is 12.8. The number of nitro benzene ring substituents is 1. The van der Waals surface area contributed by atoms with Crippen LogP contribution in [-0.4, -0.2) is 26.0 Å². The van der Waals surface area contributed by atoms with Crippen molar-refractivity contribution in [2.75, 3.05) is 0 Å². The van der Waals surface area contributed by atoms with E-state index >= 15 is 0 Å². The SMILES string of the molecule is O=C1S/C(=C\c2sc(SCc3ccc(Cl)cc3)nc2Cl)C(=O)N1Cc1ccc([N+](=O)[O-])cc1. The molecule has 1 aromatic heterocycles. The first-order valence-corrected chi connectivity index (χ1v) is 12.7. The molecule has 12 heteroatoms. The molecule has 0 atom stereocenters. The summed E-state index contributed by atoms with van der Waals surface area (Å²) >= 11 is 15.9. The van der Waals surface area contributed by atoms with E-state index in [-0.39, 0.29) is 22.3 Å². The fourth-order valence-corrected chi connectivity index (χ4v) is 6.16. The number of imide groups is 1. The molecule has 1 saturated heterocycles. The molecule has 7 nitrogen and oxygen atoms in total. The number of rotatable bonds is 7.